The van der Waals surface area contributed by atoms with Gasteiger partial charge in [0.25, 0.3) is 0 Å². The van der Waals surface area contributed by atoms with Crippen LogP contribution in [0.25, 0.3) is 0 Å². The quantitative estimate of drug-likeness (QED) is 0.506. The fourth-order valence-corrected chi connectivity index (χ4v) is 5.16. The summed E-state index contributed by atoms with van der Waals surface area (Å²) in [6.45, 7) is 7.30. The van der Waals surface area contributed by atoms with Gasteiger partial charge in [0.15, 0.2) is 0 Å². The number of nitrogens with zero attached hydrogens (tertiary/aromatic N) is 3. The number of piperazine rings is 1. The number of hydrogen-bond donors (Lipinski definition) is 1. The molecule has 1 aliphatic carbocycles. The molecule has 1 unspecified atom stereocenters. The van der Waals surface area contributed by atoms with Crippen LogP contribution in [0.2, 0.25) is 0 Å². The van der Waals surface area contributed by atoms with E-state index in [2.05, 4.69) is 10.2 Å². The van der Waals surface area contributed by atoms with Crippen molar-refractivity contribution in [1.82, 2.24) is 20.0 Å². The van der Waals surface area contributed by atoms with Crippen LogP contribution in [0.4, 0.5) is 4.79 Å². The predicted octanol–water partition coefficient (Wildman–Crippen LogP) is 2.55. The van der Waals surface area contributed by atoms with E-state index >= 15 is 0 Å². The number of nitrogens with one attached hydrogen (secondary N) is 1. The van der Waals surface area contributed by atoms with E-state index in [0.717, 1.165) is 19.3 Å². The lowest BCUT2D eigenvalue weighted by molar-refractivity contribution is -0.140. The number of carbonyl (C=O) groups is 3. The fraction of sp³-hybridized carbons (Fsp3) is 0.593. The van der Waals surface area contributed by atoms with Gasteiger partial charge in [0.05, 0.1) is 32.4 Å². The van der Waals surface area contributed by atoms with E-state index in [1.807, 2.05) is 11.8 Å². The summed E-state index contributed by atoms with van der Waals surface area (Å²) >= 11 is 0. The van der Waals surface area contributed by atoms with Gasteiger partial charge < -0.3 is 24.4 Å². The lowest BCUT2D eigenvalue weighted by Gasteiger charge is -2.41. The van der Waals surface area contributed by atoms with Crippen molar-refractivity contribution in [3.63, 3.8) is 0 Å². The van der Waals surface area contributed by atoms with Crippen LogP contribution in [-0.4, -0.2) is 92.7 Å². The van der Waals surface area contributed by atoms with Gasteiger partial charge in [-0.1, -0.05) is 6.42 Å². The van der Waals surface area contributed by atoms with Crippen molar-refractivity contribution >= 4 is 17.9 Å². The zero-order valence-electron chi connectivity index (χ0n) is 22.2. The highest BCUT2D eigenvalue weighted by Crippen LogP contribution is 2.36. The summed E-state index contributed by atoms with van der Waals surface area (Å²) in [5, 5.41) is 2.99. The standard InChI is InChI=1S/C27H38N4O6/c1-5-31-22(17-29-10-12-30(13-11-29)25(32)18-8-7-9-18)23(26(33)37-6-2)24(28-27(31)34)19-14-20(35-3)16-21(15-19)36-4/h14-16,18,24H,5-13,17H2,1-4H3,(H,28,34). The third kappa shape index (κ3) is 5.69. The van der Waals surface area contributed by atoms with E-state index in [-0.39, 0.29) is 24.5 Å². The molecule has 1 aromatic carbocycles. The van der Waals surface area contributed by atoms with Crippen LogP contribution in [0.3, 0.4) is 0 Å². The average Bonchev–Trinajstić information content (AvgIpc) is 2.87. The Bertz CT molecular complexity index is 1020. The van der Waals surface area contributed by atoms with Crippen molar-refractivity contribution in [3.8, 4) is 11.5 Å². The van der Waals surface area contributed by atoms with Crippen LogP contribution >= 0.6 is 0 Å². The monoisotopic (exact) mass is 514 g/mol. The minimum absolute atomic E-state index is 0.183. The second-order valence-corrected chi connectivity index (χ2v) is 9.58. The molecule has 1 saturated heterocycles. The molecule has 2 fully saturated rings. The van der Waals surface area contributed by atoms with Crippen LogP contribution in [0.5, 0.6) is 11.5 Å². The number of esters is 1. The molecule has 0 aromatic heterocycles. The lowest BCUT2D eigenvalue weighted by atomic mass is 9.84. The number of urea groups is 1. The fourth-order valence-electron chi connectivity index (χ4n) is 5.16. The molecule has 3 amide bonds. The topological polar surface area (TPSA) is 101 Å². The van der Waals surface area contributed by atoms with Gasteiger partial charge in [-0.25, -0.2) is 9.59 Å². The maximum atomic E-state index is 13.4. The molecule has 2 aliphatic heterocycles. The molecule has 0 bridgehead atoms. The van der Waals surface area contributed by atoms with Crippen molar-refractivity contribution in [2.75, 3.05) is 60.1 Å². The average molecular weight is 515 g/mol. The molecular weight excluding hydrogens is 476 g/mol. The summed E-state index contributed by atoms with van der Waals surface area (Å²) in [5.74, 6) is 1.08. The van der Waals surface area contributed by atoms with Gasteiger partial charge in [-0.05, 0) is 44.4 Å². The van der Waals surface area contributed by atoms with E-state index in [1.165, 1.54) is 0 Å². The molecule has 3 aliphatic rings. The summed E-state index contributed by atoms with van der Waals surface area (Å²) in [4.78, 5) is 45.1. The van der Waals surface area contributed by atoms with Crippen molar-refractivity contribution in [2.24, 2.45) is 5.92 Å². The Morgan fingerprint density at radius 3 is 2.16 bits per heavy atom. The summed E-state index contributed by atoms with van der Waals surface area (Å²) in [6, 6.07) is 4.31. The number of hydrogen-bond acceptors (Lipinski definition) is 7. The van der Waals surface area contributed by atoms with Crippen molar-refractivity contribution in [2.45, 2.75) is 39.2 Å². The van der Waals surface area contributed by atoms with Crippen LogP contribution in [-0.2, 0) is 14.3 Å². The van der Waals surface area contributed by atoms with E-state index in [9.17, 15) is 14.4 Å². The first-order valence-corrected chi connectivity index (χ1v) is 13.1. The third-order valence-electron chi connectivity index (χ3n) is 7.47. The number of amides is 3. The molecule has 1 aromatic rings. The van der Waals surface area contributed by atoms with Crippen molar-refractivity contribution < 1.29 is 28.6 Å². The smallest absolute Gasteiger partial charge is 0.338 e. The van der Waals surface area contributed by atoms with Gasteiger partial charge in [0.2, 0.25) is 5.91 Å². The first-order valence-electron chi connectivity index (χ1n) is 13.1. The molecule has 1 N–H and O–H groups in total. The molecule has 0 radical (unpaired) electrons. The highest BCUT2D eigenvalue weighted by Gasteiger charge is 2.39. The second-order valence-electron chi connectivity index (χ2n) is 9.58. The molecule has 10 nitrogen and oxygen atoms in total. The number of likely N-dealkylation sites (N-methyl/N-ethyl adjacent to an activating group) is 1. The normalized spacial score (nSPS) is 20.9. The Kier molecular flexibility index (Phi) is 8.58. The first-order chi connectivity index (χ1) is 17.9. The van der Waals surface area contributed by atoms with Gasteiger partial charge >= 0.3 is 12.0 Å². The molecular formula is C27H38N4O6. The van der Waals surface area contributed by atoms with Gasteiger partial charge in [-0.3, -0.25) is 14.6 Å². The maximum absolute atomic E-state index is 13.4. The van der Waals surface area contributed by atoms with E-state index in [0.29, 0.717) is 67.6 Å². The largest absolute Gasteiger partial charge is 0.497 e. The number of ether oxygens (including phenoxy) is 3. The molecule has 4 rings (SSSR count). The second kappa shape index (κ2) is 11.9. The third-order valence-corrected chi connectivity index (χ3v) is 7.47. The van der Waals surface area contributed by atoms with Crippen molar-refractivity contribution in [1.29, 1.82) is 0 Å². The Morgan fingerprint density at radius 1 is 1.00 bits per heavy atom. The summed E-state index contributed by atoms with van der Waals surface area (Å²) < 4.78 is 16.3. The Balaban J connectivity index is 1.65. The highest BCUT2D eigenvalue weighted by atomic mass is 16.5. The molecule has 37 heavy (non-hydrogen) atoms. The van der Waals surface area contributed by atoms with Crippen LogP contribution in [0, 0.1) is 5.92 Å². The first kappa shape index (κ1) is 26.8. The van der Waals surface area contributed by atoms with E-state index in [1.54, 1.807) is 44.2 Å². The summed E-state index contributed by atoms with van der Waals surface area (Å²) in [6.07, 6.45) is 3.12. The summed E-state index contributed by atoms with van der Waals surface area (Å²) in [7, 11) is 3.11. The molecule has 1 atom stereocenters. The zero-order chi connectivity index (χ0) is 26.5. The van der Waals surface area contributed by atoms with Gasteiger partial charge in [0.1, 0.15) is 11.5 Å². The maximum Gasteiger partial charge on any atom is 0.338 e. The van der Waals surface area contributed by atoms with E-state index in [4.69, 9.17) is 14.2 Å². The van der Waals surface area contributed by atoms with Gasteiger partial charge in [0, 0.05) is 56.9 Å². The molecule has 202 valence electrons. The van der Waals surface area contributed by atoms with Crippen LogP contribution in [0.1, 0.15) is 44.7 Å². The summed E-state index contributed by atoms with van der Waals surface area (Å²) in [5.41, 5.74) is 1.68. The number of carbonyl (C=O) groups excluding carboxylic acids is 3. The number of rotatable bonds is 9. The molecule has 2 heterocycles. The van der Waals surface area contributed by atoms with Crippen molar-refractivity contribution in [3.05, 3.63) is 35.0 Å². The predicted molar refractivity (Wildman–Crippen MR) is 137 cm³/mol. The number of methoxy groups -OCH3 is 2. The van der Waals surface area contributed by atoms with Crippen LogP contribution in [0.15, 0.2) is 29.5 Å². The molecule has 10 heteroatoms. The van der Waals surface area contributed by atoms with Gasteiger partial charge in [-0.15, -0.1) is 0 Å². The molecule has 1 saturated carbocycles. The Morgan fingerprint density at radius 2 is 1.65 bits per heavy atom. The minimum atomic E-state index is -0.727. The minimum Gasteiger partial charge on any atom is -0.497 e. The van der Waals surface area contributed by atoms with Crippen LogP contribution < -0.4 is 14.8 Å². The lowest BCUT2D eigenvalue weighted by Crippen LogP contribution is -2.54. The SMILES string of the molecule is CCOC(=O)C1=C(CN2CCN(C(=O)C3CCC3)CC2)N(CC)C(=O)NC1c1cc(OC)cc(OC)c1. The highest BCUT2D eigenvalue weighted by molar-refractivity contribution is 5.95. The Labute approximate surface area is 218 Å². The van der Waals surface area contributed by atoms with Gasteiger partial charge in [-0.2, -0.15) is 0 Å². The molecule has 0 spiro atoms. The van der Waals surface area contributed by atoms with E-state index < -0.39 is 12.0 Å². The number of benzene rings is 1. The zero-order valence-corrected chi connectivity index (χ0v) is 22.2. The Hall–Kier alpha value is -3.27.